The van der Waals surface area contributed by atoms with Gasteiger partial charge in [0.25, 0.3) is 0 Å². The number of amides is 2. The van der Waals surface area contributed by atoms with E-state index in [0.29, 0.717) is 25.9 Å². The van der Waals surface area contributed by atoms with Gasteiger partial charge in [0, 0.05) is 24.7 Å². The Bertz CT molecular complexity index is 753. The van der Waals surface area contributed by atoms with Crippen LogP contribution in [-0.2, 0) is 15.8 Å². The van der Waals surface area contributed by atoms with Gasteiger partial charge in [0.1, 0.15) is 11.1 Å². The molecule has 1 aromatic rings. The number of primary amides is 1. The van der Waals surface area contributed by atoms with Crippen molar-refractivity contribution in [2.45, 2.75) is 31.0 Å². The van der Waals surface area contributed by atoms with E-state index in [-0.39, 0.29) is 28.3 Å². The summed E-state index contributed by atoms with van der Waals surface area (Å²) in [5.74, 6) is -1.07. The van der Waals surface area contributed by atoms with Crippen LogP contribution in [-0.4, -0.2) is 40.5 Å². The minimum atomic E-state index is -4.67. The molecule has 1 saturated heterocycles. The maximum atomic E-state index is 13.1. The highest BCUT2D eigenvalue weighted by atomic mass is 32.2. The lowest BCUT2D eigenvalue weighted by molar-refractivity contribution is -0.138. The van der Waals surface area contributed by atoms with Crippen molar-refractivity contribution < 1.29 is 22.8 Å². The van der Waals surface area contributed by atoms with E-state index in [1.165, 1.54) is 13.0 Å². The van der Waals surface area contributed by atoms with Crippen LogP contribution in [0.1, 0.15) is 29.7 Å². The van der Waals surface area contributed by atoms with E-state index in [4.69, 9.17) is 11.0 Å². The van der Waals surface area contributed by atoms with Crippen LogP contribution in [0, 0.1) is 24.2 Å². The Morgan fingerprint density at radius 3 is 2.54 bits per heavy atom. The number of nitrogens with zero attached hydrogens (tertiary/aromatic N) is 3. The van der Waals surface area contributed by atoms with E-state index in [9.17, 15) is 22.8 Å². The van der Waals surface area contributed by atoms with Crippen LogP contribution in [0.15, 0.2) is 11.1 Å². The zero-order valence-electron chi connectivity index (χ0n) is 14.0. The number of hydrogen-bond donors (Lipinski definition) is 1. The van der Waals surface area contributed by atoms with Gasteiger partial charge in [-0.2, -0.15) is 18.4 Å². The van der Waals surface area contributed by atoms with Gasteiger partial charge < -0.3 is 10.6 Å². The summed E-state index contributed by atoms with van der Waals surface area (Å²) < 4.78 is 39.3. The van der Waals surface area contributed by atoms with Crippen molar-refractivity contribution in [2.24, 2.45) is 11.7 Å². The molecule has 2 N–H and O–H groups in total. The fourth-order valence-corrected chi connectivity index (χ4v) is 3.67. The van der Waals surface area contributed by atoms with Crippen LogP contribution in [0.4, 0.5) is 13.2 Å². The highest BCUT2D eigenvalue weighted by Crippen LogP contribution is 2.36. The standard InChI is InChI=1S/C16H17F3N4O2S/c1-9-6-12(16(17,18)19)11(7-20)15(22-9)26-8-13(24)23-4-2-10(3-5-23)14(21)25/h6,10H,2-5,8H2,1H3,(H2,21,25). The second-order valence-electron chi connectivity index (χ2n) is 5.95. The first-order valence-corrected chi connectivity index (χ1v) is 8.81. The van der Waals surface area contributed by atoms with E-state index < -0.39 is 23.2 Å². The first kappa shape index (κ1) is 20.0. The molecule has 2 amide bonds. The first-order chi connectivity index (χ1) is 12.1. The SMILES string of the molecule is Cc1cc(C(F)(F)F)c(C#N)c(SCC(=O)N2CCC(C(N)=O)CC2)n1. The Balaban J connectivity index is 2.08. The minimum absolute atomic E-state index is 0.111. The predicted octanol–water partition coefficient (Wildman–Crippen LogP) is 2.10. The molecule has 0 unspecified atom stereocenters. The van der Waals surface area contributed by atoms with Crippen molar-refractivity contribution >= 4 is 23.6 Å². The summed E-state index contributed by atoms with van der Waals surface area (Å²) in [6, 6.07) is 2.36. The summed E-state index contributed by atoms with van der Waals surface area (Å²) in [6.07, 6.45) is -3.74. The van der Waals surface area contributed by atoms with Gasteiger partial charge in [-0.3, -0.25) is 9.59 Å². The zero-order chi connectivity index (χ0) is 19.5. The maximum absolute atomic E-state index is 13.1. The number of likely N-dealkylation sites (tertiary alicyclic amines) is 1. The Hall–Kier alpha value is -2.28. The van der Waals surface area contributed by atoms with Crippen molar-refractivity contribution in [1.29, 1.82) is 5.26 Å². The van der Waals surface area contributed by atoms with Gasteiger partial charge >= 0.3 is 6.18 Å². The molecule has 0 aliphatic carbocycles. The molecule has 1 fully saturated rings. The molecule has 0 bridgehead atoms. The van der Waals surface area contributed by atoms with E-state index in [1.807, 2.05) is 0 Å². The minimum Gasteiger partial charge on any atom is -0.369 e. The molecular weight excluding hydrogens is 369 g/mol. The summed E-state index contributed by atoms with van der Waals surface area (Å²) in [4.78, 5) is 28.9. The molecule has 140 valence electrons. The molecular formula is C16H17F3N4O2S. The highest BCUT2D eigenvalue weighted by molar-refractivity contribution is 8.00. The molecule has 0 aromatic carbocycles. The van der Waals surface area contributed by atoms with Crippen LogP contribution >= 0.6 is 11.8 Å². The van der Waals surface area contributed by atoms with E-state index in [1.54, 1.807) is 4.90 Å². The topological polar surface area (TPSA) is 100 Å². The van der Waals surface area contributed by atoms with Gasteiger partial charge in [0.2, 0.25) is 11.8 Å². The van der Waals surface area contributed by atoms with Crippen molar-refractivity contribution in [3.63, 3.8) is 0 Å². The number of piperidine rings is 1. The number of nitriles is 1. The fourth-order valence-electron chi connectivity index (χ4n) is 2.72. The van der Waals surface area contributed by atoms with Gasteiger partial charge in [-0.25, -0.2) is 4.98 Å². The Kier molecular flexibility index (Phi) is 6.13. The molecule has 0 atom stereocenters. The van der Waals surface area contributed by atoms with E-state index >= 15 is 0 Å². The molecule has 26 heavy (non-hydrogen) atoms. The first-order valence-electron chi connectivity index (χ1n) is 7.82. The molecule has 2 rings (SSSR count). The molecule has 10 heteroatoms. The number of alkyl halides is 3. The molecule has 1 aliphatic heterocycles. The Morgan fingerprint density at radius 2 is 2.04 bits per heavy atom. The van der Waals surface area contributed by atoms with Crippen molar-refractivity contribution in [1.82, 2.24) is 9.88 Å². The van der Waals surface area contributed by atoms with Crippen LogP contribution in [0.5, 0.6) is 0 Å². The average Bonchev–Trinajstić information content (AvgIpc) is 2.58. The number of pyridine rings is 1. The zero-order valence-corrected chi connectivity index (χ0v) is 14.8. The third kappa shape index (κ3) is 4.66. The number of thioether (sulfide) groups is 1. The van der Waals surface area contributed by atoms with Crippen molar-refractivity contribution in [3.05, 3.63) is 22.9 Å². The van der Waals surface area contributed by atoms with Crippen molar-refractivity contribution in [3.8, 4) is 6.07 Å². The van der Waals surface area contributed by atoms with Gasteiger partial charge in [0.15, 0.2) is 0 Å². The lowest BCUT2D eigenvalue weighted by Gasteiger charge is -2.30. The molecule has 0 radical (unpaired) electrons. The summed E-state index contributed by atoms with van der Waals surface area (Å²) in [5, 5.41) is 9.00. The monoisotopic (exact) mass is 386 g/mol. The maximum Gasteiger partial charge on any atom is 0.417 e. The van der Waals surface area contributed by atoms with Gasteiger partial charge in [-0.15, -0.1) is 0 Å². The third-order valence-corrected chi connectivity index (χ3v) is 5.07. The van der Waals surface area contributed by atoms with E-state index in [2.05, 4.69) is 4.98 Å². The molecule has 1 aliphatic rings. The Morgan fingerprint density at radius 1 is 1.42 bits per heavy atom. The third-order valence-electron chi connectivity index (χ3n) is 4.11. The largest absolute Gasteiger partial charge is 0.417 e. The molecule has 6 nitrogen and oxygen atoms in total. The smallest absolute Gasteiger partial charge is 0.369 e. The fraction of sp³-hybridized carbons (Fsp3) is 0.500. The average molecular weight is 386 g/mol. The summed E-state index contributed by atoms with van der Waals surface area (Å²) in [7, 11) is 0. The number of aromatic nitrogens is 1. The lowest BCUT2D eigenvalue weighted by atomic mass is 9.96. The molecule has 1 aromatic heterocycles. The van der Waals surface area contributed by atoms with E-state index in [0.717, 1.165) is 17.8 Å². The van der Waals surface area contributed by atoms with Gasteiger partial charge in [-0.1, -0.05) is 11.8 Å². The molecule has 0 saturated carbocycles. The highest BCUT2D eigenvalue weighted by Gasteiger charge is 2.36. The number of rotatable bonds is 4. The summed E-state index contributed by atoms with van der Waals surface area (Å²) in [5.41, 5.74) is 3.73. The van der Waals surface area contributed by atoms with Crippen LogP contribution in [0.2, 0.25) is 0 Å². The van der Waals surface area contributed by atoms with Crippen LogP contribution in [0.3, 0.4) is 0 Å². The Labute approximate surface area is 152 Å². The summed E-state index contributed by atoms with van der Waals surface area (Å²) >= 11 is 0.808. The number of hydrogen-bond acceptors (Lipinski definition) is 5. The molecule has 0 spiro atoms. The second kappa shape index (κ2) is 7.95. The molecule has 2 heterocycles. The number of carbonyl (C=O) groups excluding carboxylic acids is 2. The lowest BCUT2D eigenvalue weighted by Crippen LogP contribution is -2.42. The van der Waals surface area contributed by atoms with Gasteiger partial charge in [-0.05, 0) is 25.8 Å². The number of nitrogens with two attached hydrogens (primary N) is 1. The predicted molar refractivity (Wildman–Crippen MR) is 87.9 cm³/mol. The number of carbonyl (C=O) groups is 2. The number of halogens is 3. The quantitative estimate of drug-likeness (QED) is 0.799. The van der Waals surface area contributed by atoms with Crippen LogP contribution < -0.4 is 5.73 Å². The number of aryl methyl sites for hydroxylation is 1. The second-order valence-corrected chi connectivity index (χ2v) is 6.91. The normalized spacial score (nSPS) is 15.6. The van der Waals surface area contributed by atoms with Gasteiger partial charge in [0.05, 0.1) is 16.9 Å². The van der Waals surface area contributed by atoms with Crippen molar-refractivity contribution in [2.75, 3.05) is 18.8 Å². The van der Waals surface area contributed by atoms with Crippen LogP contribution in [0.25, 0.3) is 0 Å². The summed E-state index contributed by atoms with van der Waals surface area (Å²) in [6.45, 7) is 2.14.